The van der Waals surface area contributed by atoms with Crippen LogP contribution in [-0.4, -0.2) is 81.2 Å². The van der Waals surface area contributed by atoms with Crippen LogP contribution in [0.1, 0.15) is 60.7 Å². The van der Waals surface area contributed by atoms with Crippen molar-refractivity contribution in [3.63, 3.8) is 0 Å². The van der Waals surface area contributed by atoms with Gasteiger partial charge in [-0.15, -0.1) is 11.3 Å². The van der Waals surface area contributed by atoms with E-state index < -0.39 is 12.6 Å². The number of aromatic nitrogens is 3. The van der Waals surface area contributed by atoms with Crippen LogP contribution in [0, 0.1) is 18.3 Å². The van der Waals surface area contributed by atoms with Crippen LogP contribution in [0.25, 0.3) is 21.1 Å². The zero-order valence-electron chi connectivity index (χ0n) is 26.9. The largest absolute Gasteiger partial charge is 0.393 e. The molecule has 2 aliphatic heterocycles. The summed E-state index contributed by atoms with van der Waals surface area (Å²) in [5, 5.41) is 18.3. The Hall–Kier alpha value is -3.73. The summed E-state index contributed by atoms with van der Waals surface area (Å²) in [5.41, 5.74) is 4.20. The SMILES string of the molecule is CCC(=O)NC1CCN(CCn2c(C#N)cc3c(C)c(CN4CCC(Nc5ncnc6sc(CC(F)(F)F)cc56)CC4)ccc32)CC1. The number of carbonyl (C=O) groups is 1. The van der Waals surface area contributed by atoms with Crippen molar-refractivity contribution in [1.82, 2.24) is 29.7 Å². The summed E-state index contributed by atoms with van der Waals surface area (Å²) >= 11 is 1.07. The van der Waals surface area contributed by atoms with Crippen molar-refractivity contribution in [1.29, 1.82) is 5.26 Å². The van der Waals surface area contributed by atoms with Crippen molar-refractivity contribution in [2.75, 3.05) is 38.0 Å². The highest BCUT2D eigenvalue weighted by Gasteiger charge is 2.29. The molecule has 3 aromatic heterocycles. The van der Waals surface area contributed by atoms with E-state index in [4.69, 9.17) is 0 Å². The number of piperidine rings is 2. The molecule has 13 heteroatoms. The van der Waals surface area contributed by atoms with Crippen LogP contribution in [0.4, 0.5) is 19.0 Å². The summed E-state index contributed by atoms with van der Waals surface area (Å²) in [4.78, 5) is 26.0. The van der Waals surface area contributed by atoms with Crippen molar-refractivity contribution in [2.24, 2.45) is 0 Å². The number of thiophene rings is 1. The minimum atomic E-state index is -4.26. The number of nitriles is 1. The van der Waals surface area contributed by atoms with Crippen LogP contribution in [0.2, 0.25) is 0 Å². The third-order valence-corrected chi connectivity index (χ3v) is 10.6. The highest BCUT2D eigenvalue weighted by molar-refractivity contribution is 7.18. The van der Waals surface area contributed by atoms with Crippen LogP contribution in [0.5, 0.6) is 0 Å². The fraction of sp³-hybridized carbons (Fsp3) is 0.529. The number of anilines is 1. The van der Waals surface area contributed by atoms with Crippen molar-refractivity contribution in [2.45, 2.75) is 83.7 Å². The number of carbonyl (C=O) groups excluding carboxylic acids is 1. The van der Waals surface area contributed by atoms with E-state index in [2.05, 4.69) is 60.1 Å². The van der Waals surface area contributed by atoms with Crippen LogP contribution < -0.4 is 10.6 Å². The van der Waals surface area contributed by atoms with Crippen molar-refractivity contribution in [3.05, 3.63) is 52.3 Å². The van der Waals surface area contributed by atoms with Crippen molar-refractivity contribution in [3.8, 4) is 6.07 Å². The minimum absolute atomic E-state index is 0.113. The van der Waals surface area contributed by atoms with Gasteiger partial charge in [-0.25, -0.2) is 9.97 Å². The summed E-state index contributed by atoms with van der Waals surface area (Å²) in [5.74, 6) is 0.712. The van der Waals surface area contributed by atoms with Crippen LogP contribution in [0.15, 0.2) is 30.6 Å². The second-order valence-electron chi connectivity index (χ2n) is 12.8. The Bertz CT molecular complexity index is 1760. The highest BCUT2D eigenvalue weighted by atomic mass is 32.1. The van der Waals surface area contributed by atoms with Gasteiger partial charge in [0.15, 0.2) is 0 Å². The number of amides is 1. The van der Waals surface area contributed by atoms with E-state index >= 15 is 0 Å². The lowest BCUT2D eigenvalue weighted by atomic mass is 10.0. The van der Waals surface area contributed by atoms with Gasteiger partial charge in [-0.2, -0.15) is 18.4 Å². The Morgan fingerprint density at radius 2 is 1.74 bits per heavy atom. The molecule has 2 aliphatic rings. The molecule has 0 atom stereocenters. The lowest BCUT2D eigenvalue weighted by molar-refractivity contribution is -0.126. The summed E-state index contributed by atoms with van der Waals surface area (Å²) in [6.07, 6.45) is 0.397. The summed E-state index contributed by atoms with van der Waals surface area (Å²) in [6, 6.07) is 10.7. The Labute approximate surface area is 276 Å². The lowest BCUT2D eigenvalue weighted by Crippen LogP contribution is -2.45. The molecule has 1 aromatic carbocycles. The van der Waals surface area contributed by atoms with Gasteiger partial charge in [-0.1, -0.05) is 13.0 Å². The number of nitrogens with one attached hydrogen (secondary N) is 2. The van der Waals surface area contributed by atoms with Gasteiger partial charge in [-0.3, -0.25) is 9.69 Å². The number of benzene rings is 1. The first-order chi connectivity index (χ1) is 22.6. The molecule has 2 fully saturated rings. The second kappa shape index (κ2) is 14.2. The average Bonchev–Trinajstić information content (AvgIpc) is 3.63. The number of hydrogen-bond acceptors (Lipinski definition) is 8. The Morgan fingerprint density at radius 3 is 2.45 bits per heavy atom. The van der Waals surface area contributed by atoms with E-state index in [9.17, 15) is 23.2 Å². The number of hydrogen-bond donors (Lipinski definition) is 2. The average molecular weight is 667 g/mol. The monoisotopic (exact) mass is 666 g/mol. The molecule has 0 aliphatic carbocycles. The van der Waals surface area contributed by atoms with Gasteiger partial charge in [-0.05, 0) is 61.9 Å². The molecule has 47 heavy (non-hydrogen) atoms. The maximum absolute atomic E-state index is 12.9. The first-order valence-corrected chi connectivity index (χ1v) is 17.2. The van der Waals surface area contributed by atoms with Gasteiger partial charge in [0.1, 0.15) is 28.7 Å². The zero-order valence-corrected chi connectivity index (χ0v) is 27.7. The molecular weight excluding hydrogens is 625 g/mol. The molecule has 2 N–H and O–H groups in total. The first-order valence-electron chi connectivity index (χ1n) is 16.4. The van der Waals surface area contributed by atoms with Crippen molar-refractivity contribution < 1.29 is 18.0 Å². The molecule has 1 amide bonds. The molecule has 0 unspecified atom stereocenters. The molecule has 5 heterocycles. The predicted octanol–water partition coefficient (Wildman–Crippen LogP) is 6.00. The van der Waals surface area contributed by atoms with Crippen LogP contribution in [0.3, 0.4) is 0 Å². The van der Waals surface area contributed by atoms with Gasteiger partial charge in [0.25, 0.3) is 0 Å². The van der Waals surface area contributed by atoms with Crippen LogP contribution in [-0.2, 0) is 24.3 Å². The number of halogens is 3. The van der Waals surface area contributed by atoms with Gasteiger partial charge < -0.3 is 20.1 Å². The molecule has 0 bridgehead atoms. The van der Waals surface area contributed by atoms with Crippen LogP contribution >= 0.6 is 11.3 Å². The van der Waals surface area contributed by atoms with Crippen molar-refractivity contribution >= 4 is 44.2 Å². The highest BCUT2D eigenvalue weighted by Crippen LogP contribution is 2.33. The number of aryl methyl sites for hydroxylation is 1. The third kappa shape index (κ3) is 7.88. The lowest BCUT2D eigenvalue weighted by Gasteiger charge is -2.33. The number of alkyl halides is 3. The van der Waals surface area contributed by atoms with E-state index in [0.29, 0.717) is 28.1 Å². The van der Waals surface area contributed by atoms with E-state index in [1.54, 1.807) is 6.07 Å². The Kier molecular flexibility index (Phi) is 10.0. The Balaban J connectivity index is 1.05. The molecule has 0 spiro atoms. The van der Waals surface area contributed by atoms with E-state index in [-0.39, 0.29) is 22.9 Å². The quantitative estimate of drug-likeness (QED) is 0.214. The van der Waals surface area contributed by atoms with Gasteiger partial charge >= 0.3 is 6.18 Å². The summed E-state index contributed by atoms with van der Waals surface area (Å²) in [7, 11) is 0. The second-order valence-corrected chi connectivity index (χ2v) is 13.9. The summed E-state index contributed by atoms with van der Waals surface area (Å²) < 4.78 is 41.0. The first kappa shape index (κ1) is 33.2. The maximum Gasteiger partial charge on any atom is 0.393 e. The number of fused-ring (bicyclic) bond motifs is 2. The van der Waals surface area contributed by atoms with E-state index in [1.165, 1.54) is 17.5 Å². The summed E-state index contributed by atoms with van der Waals surface area (Å²) in [6.45, 7) is 10.1. The zero-order chi connectivity index (χ0) is 33.1. The topological polar surface area (TPSA) is 102 Å². The standard InChI is InChI=1S/C34H41F3N8OS/c1-3-31(46)41-24-6-10-43(11-7-24)14-15-45-26(19-38)16-28-22(2)23(4-5-30(28)45)20-44-12-8-25(9-13-44)42-32-29-17-27(18-34(35,36)37)47-33(29)40-21-39-32/h4-5,16-17,21,24-25H,3,6-15,18,20H2,1-2H3,(H,41,46)(H,39,40,42). The molecule has 4 aromatic rings. The molecule has 0 radical (unpaired) electrons. The number of likely N-dealkylation sites (tertiary alicyclic amines) is 2. The molecule has 2 saturated heterocycles. The minimum Gasteiger partial charge on any atom is -0.367 e. The van der Waals surface area contributed by atoms with Gasteiger partial charge in [0.2, 0.25) is 5.91 Å². The fourth-order valence-corrected chi connectivity index (χ4v) is 7.90. The number of rotatable bonds is 10. The van der Waals surface area contributed by atoms with E-state index in [1.807, 2.05) is 13.0 Å². The molecule has 250 valence electrons. The van der Waals surface area contributed by atoms with Gasteiger partial charge in [0, 0.05) is 80.1 Å². The molecule has 9 nitrogen and oxygen atoms in total. The normalized spacial score (nSPS) is 17.4. The van der Waals surface area contributed by atoms with Gasteiger partial charge in [0.05, 0.1) is 11.8 Å². The smallest absolute Gasteiger partial charge is 0.367 e. The Morgan fingerprint density at radius 1 is 1.02 bits per heavy atom. The maximum atomic E-state index is 12.9. The fourth-order valence-electron chi connectivity index (χ4n) is 6.87. The van der Waals surface area contributed by atoms with E-state index in [0.717, 1.165) is 93.7 Å². The third-order valence-electron chi connectivity index (χ3n) is 9.57. The molecular formula is C34H41F3N8OS. The predicted molar refractivity (Wildman–Crippen MR) is 178 cm³/mol. The molecule has 6 rings (SSSR count). The number of nitrogens with zero attached hydrogens (tertiary/aromatic N) is 6. The molecule has 0 saturated carbocycles.